The number of nitrogens with zero attached hydrogens (tertiary/aromatic N) is 1. The van der Waals surface area contributed by atoms with Crippen LogP contribution in [0.15, 0.2) is 5.16 Å². The van der Waals surface area contributed by atoms with E-state index in [2.05, 4.69) is 9.89 Å². The highest BCUT2D eigenvalue weighted by molar-refractivity contribution is 5.84. The first-order valence-corrected chi connectivity index (χ1v) is 3.53. The van der Waals surface area contributed by atoms with Gasteiger partial charge in [0.1, 0.15) is 0 Å². The number of hydrogen-bond donors (Lipinski definition) is 1. The zero-order chi connectivity index (χ0) is 8.69. The zero-order valence-corrected chi connectivity index (χ0v) is 6.83. The van der Waals surface area contributed by atoms with Crippen LogP contribution in [0.4, 0.5) is 0 Å². The van der Waals surface area contributed by atoms with Crippen molar-refractivity contribution >= 4 is 11.7 Å². The second-order valence-electron chi connectivity index (χ2n) is 2.14. The largest absolute Gasteiger partial charge is 0.466 e. The van der Waals surface area contributed by atoms with Gasteiger partial charge in [0.25, 0.3) is 0 Å². The Morgan fingerprint density at radius 2 is 2.18 bits per heavy atom. The van der Waals surface area contributed by atoms with Crippen LogP contribution in [0.5, 0.6) is 0 Å². The summed E-state index contributed by atoms with van der Waals surface area (Å²) in [4.78, 5) is 10.7. The van der Waals surface area contributed by atoms with Gasteiger partial charge in [-0.05, 0) is 20.3 Å². The zero-order valence-electron chi connectivity index (χ0n) is 6.83. The van der Waals surface area contributed by atoms with Crippen molar-refractivity contribution in [1.82, 2.24) is 0 Å². The lowest BCUT2D eigenvalue weighted by molar-refractivity contribution is -0.142. The lowest BCUT2D eigenvalue weighted by atomic mass is 10.2. The highest BCUT2D eigenvalue weighted by atomic mass is 16.5. The first-order chi connectivity index (χ1) is 5.20. The van der Waals surface area contributed by atoms with Crippen LogP contribution >= 0.6 is 0 Å². The molecule has 0 aromatic carbocycles. The van der Waals surface area contributed by atoms with Crippen molar-refractivity contribution in [1.29, 1.82) is 0 Å². The normalized spacial score (nSPS) is 11.3. The summed E-state index contributed by atoms with van der Waals surface area (Å²) in [7, 11) is 0. The molecule has 0 bridgehead atoms. The Hall–Kier alpha value is -1.06. The van der Waals surface area contributed by atoms with Crippen molar-refractivity contribution in [3.05, 3.63) is 0 Å². The molecule has 1 N–H and O–H groups in total. The van der Waals surface area contributed by atoms with Gasteiger partial charge in [0.2, 0.25) is 0 Å². The topological polar surface area (TPSA) is 58.9 Å². The summed E-state index contributed by atoms with van der Waals surface area (Å²) in [6, 6.07) is 0. The quantitative estimate of drug-likeness (QED) is 0.290. The molecule has 4 nitrogen and oxygen atoms in total. The standard InChI is InChI=1S/C7H13NO3/c1-3-11-7(9)5-4-6(2)8-10/h10H,3-5H2,1-2H3/b8-6+. The maximum Gasteiger partial charge on any atom is 0.306 e. The Morgan fingerprint density at radius 3 is 2.64 bits per heavy atom. The molecule has 0 heterocycles. The van der Waals surface area contributed by atoms with E-state index in [1.165, 1.54) is 0 Å². The molecule has 0 saturated heterocycles. The van der Waals surface area contributed by atoms with Crippen molar-refractivity contribution in [2.45, 2.75) is 26.7 Å². The highest BCUT2D eigenvalue weighted by Gasteiger charge is 2.01. The summed E-state index contributed by atoms with van der Waals surface area (Å²) in [5.74, 6) is -0.254. The molecule has 0 aliphatic rings. The maximum absolute atomic E-state index is 10.7. The lowest BCUT2D eigenvalue weighted by Gasteiger charge is -1.99. The minimum absolute atomic E-state index is 0.254. The van der Waals surface area contributed by atoms with E-state index in [4.69, 9.17) is 5.21 Å². The number of ether oxygens (including phenoxy) is 1. The fraction of sp³-hybridized carbons (Fsp3) is 0.714. The van der Waals surface area contributed by atoms with Crippen molar-refractivity contribution in [2.75, 3.05) is 6.61 Å². The molecule has 0 spiro atoms. The predicted molar refractivity (Wildman–Crippen MR) is 40.8 cm³/mol. The SMILES string of the molecule is CCOC(=O)CC/C(C)=N/O. The number of carbonyl (C=O) groups excluding carboxylic acids is 1. The van der Waals surface area contributed by atoms with Gasteiger partial charge in [-0.3, -0.25) is 4.79 Å². The first kappa shape index (κ1) is 9.94. The van der Waals surface area contributed by atoms with Gasteiger partial charge < -0.3 is 9.94 Å². The van der Waals surface area contributed by atoms with E-state index in [1.807, 2.05) is 0 Å². The first-order valence-electron chi connectivity index (χ1n) is 3.53. The van der Waals surface area contributed by atoms with Crippen LogP contribution in [-0.4, -0.2) is 23.5 Å². The minimum Gasteiger partial charge on any atom is -0.466 e. The third-order valence-electron chi connectivity index (χ3n) is 1.17. The van der Waals surface area contributed by atoms with Crippen LogP contribution in [0, 0.1) is 0 Å². The van der Waals surface area contributed by atoms with Crippen LogP contribution in [0.2, 0.25) is 0 Å². The second-order valence-corrected chi connectivity index (χ2v) is 2.14. The summed E-state index contributed by atoms with van der Waals surface area (Å²) >= 11 is 0. The molecule has 0 fully saturated rings. The number of rotatable bonds is 4. The minimum atomic E-state index is -0.254. The average molecular weight is 159 g/mol. The van der Waals surface area contributed by atoms with Gasteiger partial charge in [-0.1, -0.05) is 5.16 Å². The highest BCUT2D eigenvalue weighted by Crippen LogP contribution is 1.94. The second kappa shape index (κ2) is 5.70. The molecule has 64 valence electrons. The van der Waals surface area contributed by atoms with Crippen LogP contribution in [0.3, 0.4) is 0 Å². The Balaban J connectivity index is 3.46. The summed E-state index contributed by atoms with van der Waals surface area (Å²) in [6.07, 6.45) is 0.735. The molecule has 0 aliphatic heterocycles. The molecule has 0 aromatic heterocycles. The molecule has 0 rings (SSSR count). The van der Waals surface area contributed by atoms with Crippen molar-refractivity contribution in [2.24, 2.45) is 5.16 Å². The molecule has 0 aromatic rings. The predicted octanol–water partition coefficient (Wildman–Crippen LogP) is 1.18. The summed E-state index contributed by atoms with van der Waals surface area (Å²) < 4.78 is 4.66. The lowest BCUT2D eigenvalue weighted by Crippen LogP contribution is -2.05. The van der Waals surface area contributed by atoms with E-state index < -0.39 is 0 Å². The van der Waals surface area contributed by atoms with Crippen LogP contribution in [0.25, 0.3) is 0 Å². The van der Waals surface area contributed by atoms with Crippen LogP contribution in [0.1, 0.15) is 26.7 Å². The number of carbonyl (C=O) groups is 1. The molecule has 0 amide bonds. The van der Waals surface area contributed by atoms with Gasteiger partial charge in [-0.2, -0.15) is 0 Å². The number of hydrogen-bond acceptors (Lipinski definition) is 4. The molecule has 0 radical (unpaired) electrons. The van der Waals surface area contributed by atoms with Crippen molar-refractivity contribution in [3.63, 3.8) is 0 Å². The maximum atomic E-state index is 10.7. The molecule has 4 heteroatoms. The Labute approximate surface area is 65.8 Å². The third kappa shape index (κ3) is 5.39. The average Bonchev–Trinajstić information content (AvgIpc) is 2.01. The van der Waals surface area contributed by atoms with Crippen molar-refractivity contribution < 1.29 is 14.7 Å². The molecular formula is C7H13NO3. The fourth-order valence-electron chi connectivity index (χ4n) is 0.566. The molecule has 0 atom stereocenters. The van der Waals surface area contributed by atoms with Gasteiger partial charge in [-0.25, -0.2) is 0 Å². The van der Waals surface area contributed by atoms with Crippen LogP contribution in [-0.2, 0) is 9.53 Å². The fourth-order valence-corrected chi connectivity index (χ4v) is 0.566. The number of esters is 1. The molecule has 0 unspecified atom stereocenters. The van der Waals surface area contributed by atoms with E-state index in [0.717, 1.165) is 0 Å². The smallest absolute Gasteiger partial charge is 0.306 e. The number of oxime groups is 1. The van der Waals surface area contributed by atoms with Gasteiger partial charge in [0, 0.05) is 0 Å². The van der Waals surface area contributed by atoms with Gasteiger partial charge in [0.05, 0.1) is 18.7 Å². The van der Waals surface area contributed by atoms with E-state index in [0.29, 0.717) is 18.7 Å². The van der Waals surface area contributed by atoms with Gasteiger partial charge >= 0.3 is 5.97 Å². The molecular weight excluding hydrogens is 146 g/mol. The summed E-state index contributed by atoms with van der Waals surface area (Å²) in [6.45, 7) is 3.80. The van der Waals surface area contributed by atoms with E-state index in [1.54, 1.807) is 13.8 Å². The summed E-state index contributed by atoms with van der Waals surface area (Å²) in [5, 5.41) is 11.1. The van der Waals surface area contributed by atoms with Gasteiger partial charge in [0.15, 0.2) is 0 Å². The summed E-state index contributed by atoms with van der Waals surface area (Å²) in [5.41, 5.74) is 0.540. The van der Waals surface area contributed by atoms with Crippen molar-refractivity contribution in [3.8, 4) is 0 Å². The molecule has 0 aliphatic carbocycles. The Bertz CT molecular complexity index is 154. The third-order valence-corrected chi connectivity index (χ3v) is 1.17. The molecule has 0 saturated carbocycles. The van der Waals surface area contributed by atoms with Gasteiger partial charge in [-0.15, -0.1) is 0 Å². The Morgan fingerprint density at radius 1 is 1.55 bits per heavy atom. The molecule has 11 heavy (non-hydrogen) atoms. The van der Waals surface area contributed by atoms with E-state index in [-0.39, 0.29) is 12.4 Å². The van der Waals surface area contributed by atoms with E-state index >= 15 is 0 Å². The van der Waals surface area contributed by atoms with Crippen LogP contribution < -0.4 is 0 Å². The van der Waals surface area contributed by atoms with E-state index in [9.17, 15) is 4.79 Å². The monoisotopic (exact) mass is 159 g/mol. The Kier molecular flexibility index (Phi) is 5.15.